The third kappa shape index (κ3) is 7.72. The molecule has 1 aliphatic rings. The molecule has 1 aliphatic heterocycles. The Labute approximate surface area is 255 Å². The van der Waals surface area contributed by atoms with Gasteiger partial charge in [0.25, 0.3) is 0 Å². The zero-order valence-electron chi connectivity index (χ0n) is 24.1. The molecule has 4 atom stereocenters. The number of nitrogens with one attached hydrogen (secondary N) is 1. The molecule has 222 valence electrons. The number of hydrogen-bond acceptors (Lipinski definition) is 6. The largest absolute Gasteiger partial charge is 0.478 e. The molecule has 4 aromatic carbocycles. The van der Waals surface area contributed by atoms with Crippen LogP contribution in [0.2, 0.25) is 0 Å². The summed E-state index contributed by atoms with van der Waals surface area (Å²) < 4.78 is 13.2. The van der Waals surface area contributed by atoms with Gasteiger partial charge in [-0.25, -0.2) is 4.79 Å². The number of rotatable bonds is 10. The van der Waals surface area contributed by atoms with Gasteiger partial charge in [0.05, 0.1) is 24.4 Å². The van der Waals surface area contributed by atoms with Crippen molar-refractivity contribution in [2.45, 2.75) is 50.4 Å². The number of aliphatic hydroxyl groups excluding tert-OH is 1. The Kier molecular flexibility index (Phi) is 9.94. The summed E-state index contributed by atoms with van der Waals surface area (Å²) in [4.78, 5) is 23.5. The number of carbonyl (C=O) groups is 2. The van der Waals surface area contributed by atoms with Crippen LogP contribution in [0.1, 0.15) is 58.9 Å². The number of carboxylic acids is 1. The van der Waals surface area contributed by atoms with Crippen LogP contribution >= 0.6 is 11.8 Å². The minimum Gasteiger partial charge on any atom is -0.478 e. The van der Waals surface area contributed by atoms with Crippen molar-refractivity contribution in [2.75, 3.05) is 5.75 Å². The summed E-state index contributed by atoms with van der Waals surface area (Å²) in [5, 5.41) is 21.6. The molecule has 1 heterocycles. The fraction of sp³-hybridized carbons (Fsp3) is 0.257. The summed E-state index contributed by atoms with van der Waals surface area (Å²) in [6.45, 7) is 4.09. The highest BCUT2D eigenvalue weighted by Gasteiger charge is 2.38. The van der Waals surface area contributed by atoms with Crippen LogP contribution in [0.25, 0.3) is 11.1 Å². The highest BCUT2D eigenvalue weighted by atomic mass is 32.2. The fourth-order valence-electron chi connectivity index (χ4n) is 5.10. The van der Waals surface area contributed by atoms with E-state index in [1.54, 1.807) is 23.9 Å². The van der Waals surface area contributed by atoms with Gasteiger partial charge in [0.1, 0.15) is 0 Å². The van der Waals surface area contributed by atoms with Gasteiger partial charge in [-0.2, -0.15) is 0 Å². The van der Waals surface area contributed by atoms with E-state index in [-0.39, 0.29) is 36.2 Å². The molecule has 3 N–H and O–H groups in total. The minimum atomic E-state index is -0.945. The van der Waals surface area contributed by atoms with Crippen molar-refractivity contribution in [3.63, 3.8) is 0 Å². The monoisotopic (exact) mass is 597 g/mol. The maximum Gasteiger partial charge on any atom is 0.335 e. The van der Waals surface area contributed by atoms with Crippen molar-refractivity contribution in [3.8, 4) is 11.1 Å². The van der Waals surface area contributed by atoms with Gasteiger partial charge in [-0.15, -0.1) is 11.8 Å². The quantitative estimate of drug-likeness (QED) is 0.173. The summed E-state index contributed by atoms with van der Waals surface area (Å²) in [6.07, 6.45) is -0.953. The maximum absolute atomic E-state index is 11.3. The van der Waals surface area contributed by atoms with Crippen molar-refractivity contribution in [3.05, 3.63) is 125 Å². The molecule has 1 amide bonds. The highest BCUT2D eigenvalue weighted by Crippen LogP contribution is 2.43. The Bertz CT molecular complexity index is 1540. The molecular formula is C35H35NO6S. The van der Waals surface area contributed by atoms with E-state index in [1.165, 1.54) is 6.92 Å². The number of carboxylic acid groups (broad SMARTS) is 1. The molecule has 1 fully saturated rings. The van der Waals surface area contributed by atoms with Gasteiger partial charge >= 0.3 is 5.97 Å². The minimum absolute atomic E-state index is 0.0183. The van der Waals surface area contributed by atoms with Gasteiger partial charge in [0, 0.05) is 35.6 Å². The van der Waals surface area contributed by atoms with E-state index in [2.05, 4.69) is 30.4 Å². The second-order valence-electron chi connectivity index (χ2n) is 10.7. The number of amides is 1. The Morgan fingerprint density at radius 2 is 1.53 bits per heavy atom. The first-order valence-corrected chi connectivity index (χ1v) is 15.2. The van der Waals surface area contributed by atoms with Gasteiger partial charge < -0.3 is 25.0 Å². The van der Waals surface area contributed by atoms with Crippen LogP contribution in [0.4, 0.5) is 0 Å². The molecule has 0 saturated carbocycles. The third-order valence-electron chi connectivity index (χ3n) is 7.62. The molecule has 4 aromatic rings. The third-order valence-corrected chi connectivity index (χ3v) is 8.72. The first-order chi connectivity index (χ1) is 20.8. The van der Waals surface area contributed by atoms with Crippen LogP contribution in [0.15, 0.2) is 102 Å². The van der Waals surface area contributed by atoms with E-state index < -0.39 is 12.3 Å². The normalized spacial score (nSPS) is 20.0. The van der Waals surface area contributed by atoms with Gasteiger partial charge in [0.2, 0.25) is 5.91 Å². The Morgan fingerprint density at radius 1 is 0.837 bits per heavy atom. The lowest BCUT2D eigenvalue weighted by molar-refractivity contribution is -0.268. The Hall–Kier alpha value is -3.95. The van der Waals surface area contributed by atoms with Crippen LogP contribution < -0.4 is 5.32 Å². The van der Waals surface area contributed by atoms with Gasteiger partial charge in [0.15, 0.2) is 6.29 Å². The van der Waals surface area contributed by atoms with E-state index in [1.807, 2.05) is 66.7 Å². The summed E-state index contributed by atoms with van der Waals surface area (Å²) in [5.41, 5.74) is 6.15. The van der Waals surface area contributed by atoms with Crippen molar-refractivity contribution in [1.82, 2.24) is 5.32 Å². The molecule has 0 bridgehead atoms. The molecule has 0 aromatic heterocycles. The number of benzene rings is 4. The lowest BCUT2D eigenvalue weighted by atomic mass is 9.91. The Balaban J connectivity index is 1.36. The van der Waals surface area contributed by atoms with Crippen molar-refractivity contribution >= 4 is 23.6 Å². The van der Waals surface area contributed by atoms with Crippen LogP contribution in [0.5, 0.6) is 0 Å². The average Bonchev–Trinajstić information content (AvgIpc) is 3.04. The van der Waals surface area contributed by atoms with E-state index in [9.17, 15) is 19.8 Å². The summed E-state index contributed by atoms with van der Waals surface area (Å²) in [6, 6.07) is 31.0. The number of aromatic carboxylic acids is 1. The zero-order chi connectivity index (χ0) is 30.3. The predicted molar refractivity (Wildman–Crippen MR) is 166 cm³/mol. The van der Waals surface area contributed by atoms with E-state index in [0.29, 0.717) is 12.3 Å². The van der Waals surface area contributed by atoms with Crippen molar-refractivity contribution in [2.24, 2.45) is 5.92 Å². The second kappa shape index (κ2) is 14.0. The molecule has 5 rings (SSSR count). The lowest BCUT2D eigenvalue weighted by Crippen LogP contribution is -2.38. The van der Waals surface area contributed by atoms with Gasteiger partial charge in [-0.3, -0.25) is 4.79 Å². The summed E-state index contributed by atoms with van der Waals surface area (Å²) in [5.74, 6) is -0.308. The van der Waals surface area contributed by atoms with Crippen molar-refractivity contribution in [1.29, 1.82) is 0 Å². The highest BCUT2D eigenvalue weighted by molar-refractivity contribution is 7.99. The first kappa shape index (κ1) is 30.5. The number of aliphatic hydroxyl groups is 1. The molecule has 0 radical (unpaired) electrons. The van der Waals surface area contributed by atoms with Gasteiger partial charge in [-0.1, -0.05) is 73.7 Å². The number of thioether (sulfide) groups is 1. The van der Waals surface area contributed by atoms with Crippen LogP contribution in [0.3, 0.4) is 0 Å². The van der Waals surface area contributed by atoms with Crippen LogP contribution in [-0.2, 0) is 27.4 Å². The van der Waals surface area contributed by atoms with E-state index in [4.69, 9.17) is 9.47 Å². The summed E-state index contributed by atoms with van der Waals surface area (Å²) in [7, 11) is 0. The lowest BCUT2D eigenvalue weighted by Gasteiger charge is -2.41. The van der Waals surface area contributed by atoms with Crippen molar-refractivity contribution < 1.29 is 29.3 Å². The molecule has 0 unspecified atom stereocenters. The Morgan fingerprint density at radius 3 is 2.19 bits per heavy atom. The zero-order valence-corrected chi connectivity index (χ0v) is 24.9. The smallest absolute Gasteiger partial charge is 0.335 e. The molecule has 8 heteroatoms. The van der Waals surface area contributed by atoms with Crippen LogP contribution in [0, 0.1) is 5.92 Å². The maximum atomic E-state index is 11.3. The standard InChI is InChI=1S/C35H35NO6S/c1-22-32(21-43-31-16-14-28(15-17-31)34(39)40)41-35(42-33(22)27-8-6-24(20-37)7-9-27)29-12-10-26(11-13-29)30-5-3-4-25(18-30)19-36-23(2)38/h3-18,22,32-33,35,37H,19-21H2,1-2H3,(H,36,38)(H,39,40)/t22-,32+,33+,35+/m1/s1. The first-order valence-electron chi connectivity index (χ1n) is 14.2. The molecule has 0 aliphatic carbocycles. The predicted octanol–water partition coefficient (Wildman–Crippen LogP) is 6.76. The number of ether oxygens (including phenoxy) is 2. The summed E-state index contributed by atoms with van der Waals surface area (Å²) >= 11 is 1.63. The number of carbonyl (C=O) groups excluding carboxylic acids is 1. The van der Waals surface area contributed by atoms with Crippen LogP contribution in [-0.4, -0.2) is 33.9 Å². The fourth-order valence-corrected chi connectivity index (χ4v) is 6.17. The molecular weight excluding hydrogens is 562 g/mol. The average molecular weight is 598 g/mol. The van der Waals surface area contributed by atoms with Gasteiger partial charge in [-0.05, 0) is 58.1 Å². The van der Waals surface area contributed by atoms with E-state index in [0.717, 1.165) is 38.3 Å². The number of hydrogen-bond donors (Lipinski definition) is 3. The van der Waals surface area contributed by atoms with E-state index >= 15 is 0 Å². The molecule has 0 spiro atoms. The molecule has 43 heavy (non-hydrogen) atoms. The second-order valence-corrected chi connectivity index (χ2v) is 11.8. The SMILES string of the molecule is CC(=O)NCc1cccc(-c2ccc([C@H]3O[C@@H](CSc4ccc(C(=O)O)cc4)[C@@H](C)[C@@H](c4ccc(CO)cc4)O3)cc2)c1. The molecule has 1 saturated heterocycles. The topological polar surface area (TPSA) is 105 Å². The molecule has 7 nitrogen and oxygen atoms in total.